The minimum Gasteiger partial charge on any atom is -0.494 e. The summed E-state index contributed by atoms with van der Waals surface area (Å²) in [6, 6.07) is 13.4. The third-order valence-electron chi connectivity index (χ3n) is 5.23. The molecule has 1 amide bonds. The number of benzene rings is 2. The van der Waals surface area contributed by atoms with Gasteiger partial charge in [0.15, 0.2) is 6.61 Å². The van der Waals surface area contributed by atoms with Crippen LogP contribution in [0.3, 0.4) is 0 Å². The second-order valence-corrected chi connectivity index (χ2v) is 10.3. The lowest BCUT2D eigenvalue weighted by molar-refractivity contribution is -0.134. The first-order valence-electron chi connectivity index (χ1n) is 11.0. The van der Waals surface area contributed by atoms with E-state index in [1.807, 2.05) is 11.8 Å². The minimum atomic E-state index is -3.71. The molecule has 0 unspecified atom stereocenters. The zero-order chi connectivity index (χ0) is 23.3. The summed E-state index contributed by atoms with van der Waals surface area (Å²) in [6.07, 6.45) is 2.12. The SMILES string of the molecule is CCOc1ccc(S(=O)(=O)N(C)c2ccc(OCC(=O)N(CC(C)C)C3CC3)cc2)cc1. The zero-order valence-corrected chi connectivity index (χ0v) is 20.0. The van der Waals surface area contributed by atoms with Gasteiger partial charge in [0.05, 0.1) is 17.2 Å². The Bertz CT molecular complexity index is 1000. The summed E-state index contributed by atoms with van der Waals surface area (Å²) in [4.78, 5) is 14.7. The topological polar surface area (TPSA) is 76.1 Å². The number of nitrogens with zero attached hydrogens (tertiary/aromatic N) is 2. The fourth-order valence-corrected chi connectivity index (χ4v) is 4.58. The highest BCUT2D eigenvalue weighted by Gasteiger charge is 2.32. The molecule has 0 radical (unpaired) electrons. The molecule has 0 N–H and O–H groups in total. The molecule has 0 aromatic heterocycles. The number of carbonyl (C=O) groups excluding carboxylic acids is 1. The summed E-state index contributed by atoms with van der Waals surface area (Å²) < 4.78 is 38.1. The van der Waals surface area contributed by atoms with E-state index >= 15 is 0 Å². The monoisotopic (exact) mass is 460 g/mol. The molecule has 174 valence electrons. The third kappa shape index (κ3) is 5.94. The van der Waals surface area contributed by atoms with Gasteiger partial charge in [0.1, 0.15) is 11.5 Å². The first kappa shape index (κ1) is 23.9. The maximum absolute atomic E-state index is 12.9. The van der Waals surface area contributed by atoms with Gasteiger partial charge in [0.2, 0.25) is 0 Å². The van der Waals surface area contributed by atoms with E-state index in [1.54, 1.807) is 36.4 Å². The van der Waals surface area contributed by atoms with E-state index < -0.39 is 10.0 Å². The van der Waals surface area contributed by atoms with E-state index in [0.717, 1.165) is 19.4 Å². The Morgan fingerprint density at radius 2 is 1.56 bits per heavy atom. The van der Waals surface area contributed by atoms with Gasteiger partial charge in [-0.2, -0.15) is 0 Å². The molecule has 0 spiro atoms. The predicted molar refractivity (Wildman–Crippen MR) is 125 cm³/mol. The number of ether oxygens (including phenoxy) is 2. The Morgan fingerprint density at radius 3 is 2.09 bits per heavy atom. The van der Waals surface area contributed by atoms with Crippen molar-refractivity contribution in [3.8, 4) is 11.5 Å². The molecule has 2 aromatic rings. The van der Waals surface area contributed by atoms with Crippen LogP contribution in [0, 0.1) is 5.92 Å². The molecule has 3 rings (SSSR count). The molecule has 1 saturated carbocycles. The molecule has 1 aliphatic carbocycles. The average molecular weight is 461 g/mol. The van der Waals surface area contributed by atoms with Gasteiger partial charge < -0.3 is 14.4 Å². The highest BCUT2D eigenvalue weighted by molar-refractivity contribution is 7.92. The number of rotatable bonds is 11. The van der Waals surface area contributed by atoms with Crippen LogP contribution in [0.15, 0.2) is 53.4 Å². The van der Waals surface area contributed by atoms with E-state index in [2.05, 4.69) is 13.8 Å². The molecule has 8 heteroatoms. The van der Waals surface area contributed by atoms with Crippen LogP contribution in [0.4, 0.5) is 5.69 Å². The van der Waals surface area contributed by atoms with Crippen LogP contribution >= 0.6 is 0 Å². The van der Waals surface area contributed by atoms with Crippen LogP contribution in [-0.4, -0.2) is 52.1 Å². The van der Waals surface area contributed by atoms with E-state index in [4.69, 9.17) is 9.47 Å². The van der Waals surface area contributed by atoms with Crippen LogP contribution < -0.4 is 13.8 Å². The van der Waals surface area contributed by atoms with Crippen LogP contribution in [0.5, 0.6) is 11.5 Å². The van der Waals surface area contributed by atoms with Crippen molar-refractivity contribution in [2.45, 2.75) is 44.6 Å². The Morgan fingerprint density at radius 1 is 1.00 bits per heavy atom. The van der Waals surface area contributed by atoms with Crippen LogP contribution in [-0.2, 0) is 14.8 Å². The maximum atomic E-state index is 12.9. The van der Waals surface area contributed by atoms with Crippen LogP contribution in [0.25, 0.3) is 0 Å². The standard InChI is InChI=1S/C24H32N2O5S/c1-5-30-21-12-14-23(15-13-21)32(28,29)25(4)19-8-10-22(11-9-19)31-17-24(27)26(16-18(2)3)20-6-7-20/h8-15,18,20H,5-7,16-17H2,1-4H3. The van der Waals surface area contributed by atoms with E-state index in [-0.39, 0.29) is 17.4 Å². The summed E-state index contributed by atoms with van der Waals surface area (Å²) >= 11 is 0. The number of sulfonamides is 1. The average Bonchev–Trinajstić information content (AvgIpc) is 3.61. The van der Waals surface area contributed by atoms with Crippen molar-refractivity contribution in [2.75, 3.05) is 31.1 Å². The van der Waals surface area contributed by atoms with Gasteiger partial charge in [-0.15, -0.1) is 0 Å². The predicted octanol–water partition coefficient (Wildman–Crippen LogP) is 3.94. The van der Waals surface area contributed by atoms with Crippen molar-refractivity contribution in [2.24, 2.45) is 5.92 Å². The summed E-state index contributed by atoms with van der Waals surface area (Å²) in [5.74, 6) is 1.54. The summed E-state index contributed by atoms with van der Waals surface area (Å²) in [5, 5.41) is 0. The number of amides is 1. The van der Waals surface area contributed by atoms with Gasteiger partial charge in [0, 0.05) is 19.6 Å². The van der Waals surface area contributed by atoms with E-state index in [9.17, 15) is 13.2 Å². The largest absolute Gasteiger partial charge is 0.494 e. The van der Waals surface area contributed by atoms with Gasteiger partial charge in [-0.3, -0.25) is 9.10 Å². The molecule has 2 aromatic carbocycles. The quantitative estimate of drug-likeness (QED) is 0.508. The molecule has 7 nitrogen and oxygen atoms in total. The third-order valence-corrected chi connectivity index (χ3v) is 7.03. The Balaban J connectivity index is 1.62. The molecule has 0 bridgehead atoms. The summed E-state index contributed by atoms with van der Waals surface area (Å²) in [5.41, 5.74) is 0.497. The summed E-state index contributed by atoms with van der Waals surface area (Å²) in [7, 11) is -2.21. The van der Waals surface area contributed by atoms with Gasteiger partial charge in [0.25, 0.3) is 15.9 Å². The van der Waals surface area contributed by atoms with Crippen molar-refractivity contribution < 1.29 is 22.7 Å². The van der Waals surface area contributed by atoms with Crippen molar-refractivity contribution >= 4 is 21.6 Å². The first-order chi connectivity index (χ1) is 15.2. The normalized spacial score (nSPS) is 13.7. The molecular formula is C24H32N2O5S. The zero-order valence-electron chi connectivity index (χ0n) is 19.2. The van der Waals surface area contributed by atoms with Gasteiger partial charge in [-0.05, 0) is 74.2 Å². The number of anilines is 1. The fourth-order valence-electron chi connectivity index (χ4n) is 3.39. The lowest BCUT2D eigenvalue weighted by atomic mass is 10.2. The van der Waals surface area contributed by atoms with Gasteiger partial charge in [-0.1, -0.05) is 13.8 Å². The van der Waals surface area contributed by atoms with Crippen molar-refractivity contribution in [3.63, 3.8) is 0 Å². The van der Waals surface area contributed by atoms with Gasteiger partial charge >= 0.3 is 0 Å². The Hall–Kier alpha value is -2.74. The Labute approximate surface area is 191 Å². The van der Waals surface area contributed by atoms with Crippen LogP contribution in [0.1, 0.15) is 33.6 Å². The smallest absolute Gasteiger partial charge is 0.264 e. The molecule has 0 heterocycles. The molecule has 1 fully saturated rings. The highest BCUT2D eigenvalue weighted by atomic mass is 32.2. The highest BCUT2D eigenvalue weighted by Crippen LogP contribution is 2.28. The van der Waals surface area contributed by atoms with Crippen LogP contribution in [0.2, 0.25) is 0 Å². The molecular weight excluding hydrogens is 428 g/mol. The maximum Gasteiger partial charge on any atom is 0.264 e. The molecule has 0 atom stereocenters. The minimum absolute atomic E-state index is 0.0135. The van der Waals surface area contributed by atoms with E-state index in [0.29, 0.717) is 35.8 Å². The molecule has 32 heavy (non-hydrogen) atoms. The molecule has 0 aliphatic heterocycles. The van der Waals surface area contributed by atoms with Gasteiger partial charge in [-0.25, -0.2) is 8.42 Å². The van der Waals surface area contributed by atoms with Crippen molar-refractivity contribution in [3.05, 3.63) is 48.5 Å². The van der Waals surface area contributed by atoms with E-state index in [1.165, 1.54) is 23.5 Å². The fraction of sp³-hybridized carbons (Fsp3) is 0.458. The number of carbonyl (C=O) groups is 1. The van der Waals surface area contributed by atoms with Crippen molar-refractivity contribution in [1.29, 1.82) is 0 Å². The summed E-state index contributed by atoms with van der Waals surface area (Å²) in [6.45, 7) is 7.29. The second kappa shape index (κ2) is 10.3. The number of hydrogen-bond acceptors (Lipinski definition) is 5. The first-order valence-corrected chi connectivity index (χ1v) is 12.4. The van der Waals surface area contributed by atoms with Crippen molar-refractivity contribution in [1.82, 2.24) is 4.90 Å². The Kier molecular flexibility index (Phi) is 7.66. The second-order valence-electron chi connectivity index (χ2n) is 8.33. The number of hydrogen-bond donors (Lipinski definition) is 0. The molecule has 1 aliphatic rings. The lowest BCUT2D eigenvalue weighted by Gasteiger charge is -2.24. The lowest BCUT2D eigenvalue weighted by Crippen LogP contribution is -2.39. The molecule has 0 saturated heterocycles.